The summed E-state index contributed by atoms with van der Waals surface area (Å²) in [5, 5.41) is 9.11. The molecule has 0 spiro atoms. The summed E-state index contributed by atoms with van der Waals surface area (Å²) in [6, 6.07) is 15.7. The molecule has 3 rings (SSSR count). The number of carbonyl (C=O) groups is 2. The van der Waals surface area contributed by atoms with Crippen molar-refractivity contribution < 1.29 is 14.3 Å². The largest absolute Gasteiger partial charge is 0.494 e. The third-order valence-corrected chi connectivity index (χ3v) is 5.19. The summed E-state index contributed by atoms with van der Waals surface area (Å²) < 4.78 is 5.47. The number of hydrogen-bond donors (Lipinski definition) is 0. The minimum absolute atomic E-state index is 0.144. The number of rotatable bonds is 6. The molecular formula is C22H20N2O3S. The Balaban J connectivity index is 2.03. The molecule has 2 aromatic rings. The minimum Gasteiger partial charge on any atom is -0.494 e. The number of ether oxygens (including phenoxy) is 1. The van der Waals surface area contributed by atoms with Crippen molar-refractivity contribution in [2.75, 3.05) is 11.5 Å². The van der Waals surface area contributed by atoms with E-state index < -0.39 is 0 Å². The van der Waals surface area contributed by atoms with Crippen LogP contribution in [0.1, 0.15) is 31.9 Å². The van der Waals surface area contributed by atoms with Gasteiger partial charge in [0.05, 0.1) is 34.4 Å². The van der Waals surface area contributed by atoms with Crippen LogP contribution in [0.5, 0.6) is 5.75 Å². The van der Waals surface area contributed by atoms with E-state index in [1.807, 2.05) is 26.8 Å². The Bertz CT molecular complexity index is 970. The fourth-order valence-electron chi connectivity index (χ4n) is 2.91. The van der Waals surface area contributed by atoms with Gasteiger partial charge in [-0.05, 0) is 48.9 Å². The van der Waals surface area contributed by atoms with Crippen molar-refractivity contribution in [2.24, 2.45) is 0 Å². The predicted octanol–water partition coefficient (Wildman–Crippen LogP) is 4.38. The molecule has 0 aliphatic carbocycles. The first-order valence-corrected chi connectivity index (χ1v) is 9.87. The number of nitrogens with zero attached hydrogens (tertiary/aromatic N) is 2. The van der Waals surface area contributed by atoms with Gasteiger partial charge in [-0.1, -0.05) is 26.0 Å². The Labute approximate surface area is 168 Å². The van der Waals surface area contributed by atoms with Crippen molar-refractivity contribution in [1.29, 1.82) is 5.26 Å². The molecule has 28 heavy (non-hydrogen) atoms. The van der Waals surface area contributed by atoms with Crippen LogP contribution in [0.15, 0.2) is 53.4 Å². The molecule has 1 aliphatic heterocycles. The van der Waals surface area contributed by atoms with Crippen molar-refractivity contribution in [3.8, 4) is 11.8 Å². The number of hydrogen-bond acceptors (Lipinski definition) is 5. The molecule has 0 saturated heterocycles. The number of imide groups is 1. The van der Waals surface area contributed by atoms with Gasteiger partial charge in [0.1, 0.15) is 5.75 Å². The molecule has 0 atom stereocenters. The Morgan fingerprint density at radius 1 is 1.04 bits per heavy atom. The van der Waals surface area contributed by atoms with Gasteiger partial charge in [-0.2, -0.15) is 5.26 Å². The summed E-state index contributed by atoms with van der Waals surface area (Å²) in [6.45, 7) is 6.42. The van der Waals surface area contributed by atoms with Gasteiger partial charge < -0.3 is 4.74 Å². The first-order chi connectivity index (χ1) is 13.5. The SMILES string of the molecule is CCOc1ccc(C2=C(SC(C)C)C(=O)N(c3ccc(C#N)cc3)C2=O)cc1. The topological polar surface area (TPSA) is 70.4 Å². The maximum absolute atomic E-state index is 13.2. The van der Waals surface area contributed by atoms with Crippen LogP contribution in [0.2, 0.25) is 0 Å². The molecule has 0 unspecified atom stereocenters. The number of nitriles is 1. The maximum atomic E-state index is 13.2. The molecule has 1 aliphatic rings. The molecule has 0 radical (unpaired) electrons. The zero-order chi connectivity index (χ0) is 20.3. The van der Waals surface area contributed by atoms with Crippen LogP contribution in [0.3, 0.4) is 0 Å². The standard InChI is InChI=1S/C22H20N2O3S/c1-4-27-18-11-7-16(8-12-18)19-20(28-14(2)3)22(26)24(21(19)25)17-9-5-15(13-23)6-10-17/h5-12,14H,4H2,1-3H3. The van der Waals surface area contributed by atoms with E-state index in [1.54, 1.807) is 48.5 Å². The third kappa shape index (κ3) is 3.80. The monoisotopic (exact) mass is 392 g/mol. The third-order valence-electron chi connectivity index (χ3n) is 4.10. The van der Waals surface area contributed by atoms with Crippen molar-refractivity contribution in [3.63, 3.8) is 0 Å². The average molecular weight is 392 g/mol. The molecule has 0 fully saturated rings. The highest BCUT2D eigenvalue weighted by Gasteiger charge is 2.40. The quantitative estimate of drug-likeness (QED) is 0.682. The van der Waals surface area contributed by atoms with Crippen LogP contribution in [0.4, 0.5) is 5.69 Å². The highest BCUT2D eigenvalue weighted by atomic mass is 32.2. The van der Waals surface area contributed by atoms with E-state index in [0.717, 1.165) is 0 Å². The number of anilines is 1. The number of carbonyl (C=O) groups excluding carboxylic acids is 2. The van der Waals surface area contributed by atoms with E-state index in [1.165, 1.54) is 16.7 Å². The van der Waals surface area contributed by atoms with E-state index in [4.69, 9.17) is 10.00 Å². The number of amides is 2. The summed E-state index contributed by atoms with van der Waals surface area (Å²) in [5.41, 5.74) is 2.01. The minimum atomic E-state index is -0.359. The van der Waals surface area contributed by atoms with Crippen LogP contribution >= 0.6 is 11.8 Å². The summed E-state index contributed by atoms with van der Waals surface area (Å²) in [5.74, 6) is 0.0185. The molecule has 1 heterocycles. The molecule has 2 aromatic carbocycles. The zero-order valence-electron chi connectivity index (χ0n) is 15.9. The van der Waals surface area contributed by atoms with E-state index in [9.17, 15) is 9.59 Å². The molecule has 5 nitrogen and oxygen atoms in total. The predicted molar refractivity (Wildman–Crippen MR) is 111 cm³/mol. The fraction of sp³-hybridized carbons (Fsp3) is 0.227. The highest BCUT2D eigenvalue weighted by molar-refractivity contribution is 8.04. The zero-order valence-corrected chi connectivity index (χ0v) is 16.7. The highest BCUT2D eigenvalue weighted by Crippen LogP contribution is 2.40. The first kappa shape index (κ1) is 19.7. The summed E-state index contributed by atoms with van der Waals surface area (Å²) >= 11 is 1.38. The molecule has 0 N–H and O–H groups in total. The van der Waals surface area contributed by atoms with E-state index in [2.05, 4.69) is 0 Å². The Kier molecular flexibility index (Phi) is 5.86. The van der Waals surface area contributed by atoms with Crippen LogP contribution in [-0.2, 0) is 9.59 Å². The lowest BCUT2D eigenvalue weighted by Crippen LogP contribution is -2.31. The number of benzene rings is 2. The van der Waals surface area contributed by atoms with Gasteiger partial charge in [0.25, 0.3) is 11.8 Å². The van der Waals surface area contributed by atoms with Crippen molar-refractivity contribution in [2.45, 2.75) is 26.0 Å². The lowest BCUT2D eigenvalue weighted by atomic mass is 10.1. The molecular weight excluding hydrogens is 372 g/mol. The van der Waals surface area contributed by atoms with Gasteiger partial charge in [0.2, 0.25) is 0 Å². The van der Waals surface area contributed by atoms with Gasteiger partial charge in [0.15, 0.2) is 0 Å². The van der Waals surface area contributed by atoms with E-state index >= 15 is 0 Å². The van der Waals surface area contributed by atoms with Crippen LogP contribution in [0, 0.1) is 11.3 Å². The molecule has 2 amide bonds. The van der Waals surface area contributed by atoms with Crippen molar-refractivity contribution in [1.82, 2.24) is 0 Å². The Hall–Kier alpha value is -3.04. The summed E-state index contributed by atoms with van der Waals surface area (Å²) in [7, 11) is 0. The first-order valence-electron chi connectivity index (χ1n) is 8.99. The molecule has 0 saturated carbocycles. The molecule has 0 aromatic heterocycles. The smallest absolute Gasteiger partial charge is 0.272 e. The van der Waals surface area contributed by atoms with Crippen LogP contribution in [-0.4, -0.2) is 23.7 Å². The van der Waals surface area contributed by atoms with Gasteiger partial charge in [-0.25, -0.2) is 4.90 Å². The van der Waals surface area contributed by atoms with E-state index in [0.29, 0.717) is 39.6 Å². The van der Waals surface area contributed by atoms with Crippen LogP contribution in [0.25, 0.3) is 5.57 Å². The maximum Gasteiger partial charge on any atom is 0.272 e. The molecule has 6 heteroatoms. The second kappa shape index (κ2) is 8.32. The lowest BCUT2D eigenvalue weighted by molar-refractivity contribution is -0.119. The van der Waals surface area contributed by atoms with Crippen molar-refractivity contribution >= 4 is 34.8 Å². The number of thioether (sulfide) groups is 1. The Morgan fingerprint density at radius 2 is 1.68 bits per heavy atom. The van der Waals surface area contributed by atoms with Crippen LogP contribution < -0.4 is 9.64 Å². The summed E-state index contributed by atoms with van der Waals surface area (Å²) in [4.78, 5) is 27.9. The molecule has 0 bridgehead atoms. The van der Waals surface area contributed by atoms with Gasteiger partial charge in [-0.3, -0.25) is 9.59 Å². The van der Waals surface area contributed by atoms with Gasteiger partial charge >= 0.3 is 0 Å². The molecule has 142 valence electrons. The normalized spacial score (nSPS) is 14.0. The van der Waals surface area contributed by atoms with Gasteiger partial charge in [-0.15, -0.1) is 11.8 Å². The second-order valence-corrected chi connectivity index (χ2v) is 8.02. The lowest BCUT2D eigenvalue weighted by Gasteiger charge is -2.15. The summed E-state index contributed by atoms with van der Waals surface area (Å²) in [6.07, 6.45) is 0. The van der Waals surface area contributed by atoms with Gasteiger partial charge in [0, 0.05) is 5.25 Å². The van der Waals surface area contributed by atoms with E-state index in [-0.39, 0.29) is 17.1 Å². The Morgan fingerprint density at radius 3 is 2.21 bits per heavy atom. The average Bonchev–Trinajstić information content (AvgIpc) is 2.92. The second-order valence-electron chi connectivity index (χ2n) is 6.43. The van der Waals surface area contributed by atoms with Crippen molar-refractivity contribution in [3.05, 3.63) is 64.6 Å². The fourth-order valence-corrected chi connectivity index (χ4v) is 3.90.